The average Bonchev–Trinajstić information content (AvgIpc) is 2.43. The minimum atomic E-state index is -0.316. The topological polar surface area (TPSA) is 92.7 Å². The third-order valence-corrected chi connectivity index (χ3v) is 2.97. The van der Waals surface area contributed by atoms with Gasteiger partial charge in [0.15, 0.2) is 0 Å². The molecule has 2 aromatic rings. The Bertz CT molecular complexity index is 671. The summed E-state index contributed by atoms with van der Waals surface area (Å²) in [4.78, 5) is 20.7. The number of aryl methyl sites for hydroxylation is 3. The second kappa shape index (κ2) is 6.25. The van der Waals surface area contributed by atoms with Gasteiger partial charge in [-0.05, 0) is 33.8 Å². The van der Waals surface area contributed by atoms with Crippen molar-refractivity contribution in [1.29, 1.82) is 0 Å². The lowest BCUT2D eigenvalue weighted by molar-refractivity contribution is 0.102. The van der Waals surface area contributed by atoms with E-state index in [-0.39, 0.29) is 11.9 Å². The number of hydrogen-bond donors (Lipinski definition) is 2. The van der Waals surface area contributed by atoms with E-state index in [9.17, 15) is 4.79 Å². The number of carbonyl (C=O) groups is 1. The molecule has 0 unspecified atom stereocenters. The highest BCUT2D eigenvalue weighted by molar-refractivity contribution is 6.07. The van der Waals surface area contributed by atoms with Crippen LogP contribution in [0.25, 0.3) is 0 Å². The number of pyridine rings is 1. The fourth-order valence-corrected chi connectivity index (χ4v) is 1.76. The SMILES string of the molecule is CCNc1cc(C)ncc1C(=O)Nc1nnc(C)c(C)n1. The van der Waals surface area contributed by atoms with Crippen LogP contribution in [0.5, 0.6) is 0 Å². The molecule has 110 valence electrons. The van der Waals surface area contributed by atoms with E-state index >= 15 is 0 Å². The van der Waals surface area contributed by atoms with Gasteiger partial charge in [-0.15, -0.1) is 5.10 Å². The number of rotatable bonds is 4. The van der Waals surface area contributed by atoms with Gasteiger partial charge in [-0.1, -0.05) is 0 Å². The minimum absolute atomic E-state index is 0.186. The number of hydrogen-bond acceptors (Lipinski definition) is 6. The Labute approximate surface area is 123 Å². The lowest BCUT2D eigenvalue weighted by atomic mass is 10.2. The van der Waals surface area contributed by atoms with Gasteiger partial charge >= 0.3 is 0 Å². The molecule has 0 saturated heterocycles. The summed E-state index contributed by atoms with van der Waals surface area (Å²) >= 11 is 0. The molecule has 0 bridgehead atoms. The first-order valence-corrected chi connectivity index (χ1v) is 6.71. The molecule has 0 radical (unpaired) electrons. The molecule has 1 amide bonds. The largest absolute Gasteiger partial charge is 0.385 e. The summed E-state index contributed by atoms with van der Waals surface area (Å²) in [6.45, 7) is 8.18. The predicted molar refractivity (Wildman–Crippen MR) is 80.4 cm³/mol. The molecule has 2 heterocycles. The van der Waals surface area contributed by atoms with E-state index in [0.29, 0.717) is 12.1 Å². The summed E-state index contributed by atoms with van der Waals surface area (Å²) in [5.41, 5.74) is 3.49. The van der Waals surface area contributed by atoms with E-state index in [1.54, 1.807) is 0 Å². The maximum Gasteiger partial charge on any atom is 0.261 e. The summed E-state index contributed by atoms with van der Waals surface area (Å²) in [6, 6.07) is 1.83. The molecule has 21 heavy (non-hydrogen) atoms. The van der Waals surface area contributed by atoms with Crippen LogP contribution >= 0.6 is 0 Å². The van der Waals surface area contributed by atoms with Crippen molar-refractivity contribution in [2.75, 3.05) is 17.2 Å². The van der Waals surface area contributed by atoms with Crippen molar-refractivity contribution in [3.63, 3.8) is 0 Å². The minimum Gasteiger partial charge on any atom is -0.385 e. The van der Waals surface area contributed by atoms with Crippen LogP contribution in [0, 0.1) is 20.8 Å². The molecular weight excluding hydrogens is 268 g/mol. The molecule has 2 N–H and O–H groups in total. The normalized spacial score (nSPS) is 10.3. The van der Waals surface area contributed by atoms with Gasteiger partial charge in [0.2, 0.25) is 5.95 Å². The zero-order chi connectivity index (χ0) is 15.4. The van der Waals surface area contributed by atoms with E-state index in [1.807, 2.05) is 33.8 Å². The van der Waals surface area contributed by atoms with Crippen molar-refractivity contribution < 1.29 is 4.79 Å². The highest BCUT2D eigenvalue weighted by atomic mass is 16.1. The zero-order valence-corrected chi connectivity index (χ0v) is 12.6. The maximum absolute atomic E-state index is 12.3. The second-order valence-electron chi connectivity index (χ2n) is 4.66. The van der Waals surface area contributed by atoms with Gasteiger partial charge in [-0.25, -0.2) is 4.98 Å². The number of amides is 1. The van der Waals surface area contributed by atoms with Gasteiger partial charge in [0.25, 0.3) is 5.91 Å². The van der Waals surface area contributed by atoms with Gasteiger partial charge in [-0.2, -0.15) is 5.10 Å². The standard InChI is InChI=1S/C14H18N6O/c1-5-15-12-6-8(2)16-7-11(12)13(21)18-14-17-9(3)10(4)19-20-14/h6-7H,5H2,1-4H3,(H,15,16)(H,17,18,20,21). The predicted octanol–water partition coefficient (Wildman–Crippen LogP) is 1.88. The van der Waals surface area contributed by atoms with Crippen LogP contribution in [0.15, 0.2) is 12.3 Å². The number of carbonyl (C=O) groups excluding carboxylic acids is 1. The molecule has 2 aromatic heterocycles. The summed E-state index contributed by atoms with van der Waals surface area (Å²) < 4.78 is 0. The first kappa shape index (κ1) is 14.8. The Kier molecular flexibility index (Phi) is 4.42. The second-order valence-corrected chi connectivity index (χ2v) is 4.66. The zero-order valence-electron chi connectivity index (χ0n) is 12.6. The van der Waals surface area contributed by atoms with Crippen molar-refractivity contribution in [3.05, 3.63) is 34.9 Å². The first-order chi connectivity index (χ1) is 10.0. The molecule has 0 fully saturated rings. The van der Waals surface area contributed by atoms with Crippen molar-refractivity contribution in [2.45, 2.75) is 27.7 Å². The van der Waals surface area contributed by atoms with E-state index in [1.165, 1.54) is 6.20 Å². The Morgan fingerprint density at radius 2 is 1.95 bits per heavy atom. The molecule has 0 aliphatic heterocycles. The number of nitrogens with zero attached hydrogens (tertiary/aromatic N) is 4. The third-order valence-electron chi connectivity index (χ3n) is 2.97. The van der Waals surface area contributed by atoms with E-state index < -0.39 is 0 Å². The van der Waals surface area contributed by atoms with Crippen LogP contribution in [-0.2, 0) is 0 Å². The number of nitrogens with one attached hydrogen (secondary N) is 2. The molecule has 7 heteroatoms. The fraction of sp³-hybridized carbons (Fsp3) is 0.357. The highest BCUT2D eigenvalue weighted by Gasteiger charge is 2.14. The smallest absolute Gasteiger partial charge is 0.261 e. The molecule has 0 spiro atoms. The Morgan fingerprint density at radius 1 is 1.19 bits per heavy atom. The number of aromatic nitrogens is 4. The van der Waals surface area contributed by atoms with Crippen LogP contribution in [0.3, 0.4) is 0 Å². The van der Waals surface area contributed by atoms with Gasteiger partial charge in [0.1, 0.15) is 0 Å². The lowest BCUT2D eigenvalue weighted by Crippen LogP contribution is -2.18. The quantitative estimate of drug-likeness (QED) is 0.891. The first-order valence-electron chi connectivity index (χ1n) is 6.71. The third kappa shape index (κ3) is 3.50. The van der Waals surface area contributed by atoms with E-state index in [0.717, 1.165) is 22.8 Å². The monoisotopic (exact) mass is 286 g/mol. The van der Waals surface area contributed by atoms with Gasteiger partial charge in [0, 0.05) is 18.4 Å². The molecule has 0 aliphatic carbocycles. The Morgan fingerprint density at radius 3 is 2.62 bits per heavy atom. The van der Waals surface area contributed by atoms with E-state index in [4.69, 9.17) is 0 Å². The Hall–Kier alpha value is -2.57. The van der Waals surface area contributed by atoms with Crippen molar-refractivity contribution >= 4 is 17.5 Å². The maximum atomic E-state index is 12.3. The van der Waals surface area contributed by atoms with Crippen LogP contribution in [-0.4, -0.2) is 32.6 Å². The van der Waals surface area contributed by atoms with E-state index in [2.05, 4.69) is 30.8 Å². The molecule has 0 saturated carbocycles. The van der Waals surface area contributed by atoms with Crippen molar-refractivity contribution in [1.82, 2.24) is 20.2 Å². The lowest BCUT2D eigenvalue weighted by Gasteiger charge is -2.11. The van der Waals surface area contributed by atoms with Crippen molar-refractivity contribution in [2.24, 2.45) is 0 Å². The van der Waals surface area contributed by atoms with Crippen LogP contribution in [0.1, 0.15) is 34.4 Å². The summed E-state index contributed by atoms with van der Waals surface area (Å²) in [5.74, 6) is -0.130. The highest BCUT2D eigenvalue weighted by Crippen LogP contribution is 2.16. The van der Waals surface area contributed by atoms with Gasteiger partial charge in [0.05, 0.1) is 22.6 Å². The molecular formula is C14H18N6O. The average molecular weight is 286 g/mol. The molecule has 0 atom stereocenters. The molecule has 7 nitrogen and oxygen atoms in total. The summed E-state index contributed by atoms with van der Waals surface area (Å²) in [6.07, 6.45) is 1.54. The summed E-state index contributed by atoms with van der Waals surface area (Å²) in [5, 5.41) is 13.6. The van der Waals surface area contributed by atoms with Crippen LogP contribution < -0.4 is 10.6 Å². The molecule has 2 rings (SSSR count). The van der Waals surface area contributed by atoms with Crippen molar-refractivity contribution in [3.8, 4) is 0 Å². The van der Waals surface area contributed by atoms with Gasteiger partial charge in [-0.3, -0.25) is 15.1 Å². The number of anilines is 2. The van der Waals surface area contributed by atoms with Gasteiger partial charge < -0.3 is 5.32 Å². The molecule has 0 aliphatic rings. The summed E-state index contributed by atoms with van der Waals surface area (Å²) in [7, 11) is 0. The van der Waals surface area contributed by atoms with Crippen LogP contribution in [0.4, 0.5) is 11.6 Å². The Balaban J connectivity index is 2.25. The molecule has 0 aromatic carbocycles. The fourth-order valence-electron chi connectivity index (χ4n) is 1.76. The van der Waals surface area contributed by atoms with Crippen LogP contribution in [0.2, 0.25) is 0 Å².